The van der Waals surface area contributed by atoms with Crippen LogP contribution in [-0.2, 0) is 35.0 Å². The highest BCUT2D eigenvalue weighted by atomic mass is 16.7. The van der Waals surface area contributed by atoms with Crippen molar-refractivity contribution in [1.82, 2.24) is 0 Å². The van der Waals surface area contributed by atoms with Gasteiger partial charge in [0.25, 0.3) is 0 Å². The molecule has 9 nitrogen and oxygen atoms in total. The van der Waals surface area contributed by atoms with Crippen LogP contribution in [0.2, 0.25) is 0 Å². The molecule has 0 spiro atoms. The number of ether oxygens (including phenoxy) is 3. The number of benzene rings is 1. The van der Waals surface area contributed by atoms with Crippen molar-refractivity contribution in [3.05, 3.63) is 83.5 Å². The van der Waals surface area contributed by atoms with Gasteiger partial charge in [-0.15, -0.1) is 0 Å². The highest BCUT2D eigenvalue weighted by molar-refractivity contribution is 5.92. The topological polar surface area (TPSA) is 136 Å². The molecule has 1 aromatic carbocycles. The van der Waals surface area contributed by atoms with E-state index in [-0.39, 0.29) is 53.5 Å². The third-order valence-electron chi connectivity index (χ3n) is 14.1. The molecule has 1 saturated heterocycles. The number of aliphatic hydroxyl groups is 2. The summed E-state index contributed by atoms with van der Waals surface area (Å²) in [5.74, 6) is -0.261. The molecule has 3 saturated carbocycles. The van der Waals surface area contributed by atoms with Crippen LogP contribution in [0.25, 0.3) is 0 Å². The van der Waals surface area contributed by atoms with E-state index in [1.165, 1.54) is 16.7 Å². The Labute approximate surface area is 318 Å². The molecule has 0 radical (unpaired) electrons. The van der Waals surface area contributed by atoms with Crippen molar-refractivity contribution in [2.24, 2.45) is 34.5 Å². The summed E-state index contributed by atoms with van der Waals surface area (Å²) in [6.07, 6.45) is 19.1. The van der Waals surface area contributed by atoms with Crippen molar-refractivity contribution in [2.45, 2.75) is 128 Å². The first-order valence-electron chi connectivity index (χ1n) is 20.2. The van der Waals surface area contributed by atoms with Gasteiger partial charge in [0, 0.05) is 41.9 Å². The average molecular weight is 741 g/mol. The van der Waals surface area contributed by atoms with Crippen molar-refractivity contribution in [3.8, 4) is 0 Å². The van der Waals surface area contributed by atoms with E-state index >= 15 is 0 Å². The van der Waals surface area contributed by atoms with E-state index in [1.807, 2.05) is 61.6 Å². The Morgan fingerprint density at radius 1 is 1.04 bits per heavy atom. The van der Waals surface area contributed by atoms with E-state index in [0.717, 1.165) is 32.1 Å². The fraction of sp³-hybridized carbons (Fsp3) is 0.600. The lowest BCUT2D eigenvalue weighted by atomic mass is 9.50. The van der Waals surface area contributed by atoms with Gasteiger partial charge in [-0.2, -0.15) is 0 Å². The van der Waals surface area contributed by atoms with Crippen LogP contribution in [0.1, 0.15) is 103 Å². The summed E-state index contributed by atoms with van der Waals surface area (Å²) in [6, 6.07) is 10.0. The number of hydrogen-bond donors (Lipinski definition) is 2. The summed E-state index contributed by atoms with van der Waals surface area (Å²) in [5, 5.41) is 22.6. The van der Waals surface area contributed by atoms with Gasteiger partial charge >= 0.3 is 12.1 Å². The zero-order valence-electron chi connectivity index (χ0n) is 31.8. The van der Waals surface area contributed by atoms with Crippen molar-refractivity contribution in [2.75, 3.05) is 6.61 Å². The number of ketones is 2. The smallest absolute Gasteiger partial charge is 0.458 e. The summed E-state index contributed by atoms with van der Waals surface area (Å²) in [7, 11) is 0. The van der Waals surface area contributed by atoms with Gasteiger partial charge in [0.15, 0.2) is 12.4 Å². The Morgan fingerprint density at radius 3 is 2.65 bits per heavy atom. The van der Waals surface area contributed by atoms with Gasteiger partial charge in [-0.1, -0.05) is 85.7 Å². The predicted octanol–water partition coefficient (Wildman–Crippen LogP) is 7.49. The molecule has 0 amide bonds. The Balaban J connectivity index is 0.863. The number of unbranched alkanes of at least 4 members (excludes halogenated alkanes) is 1. The second-order valence-electron chi connectivity index (χ2n) is 17.1. The third-order valence-corrected chi connectivity index (χ3v) is 14.1. The number of esters is 1. The molecule has 5 aliphatic carbocycles. The van der Waals surface area contributed by atoms with Crippen molar-refractivity contribution >= 4 is 23.7 Å². The molecule has 2 N–H and O–H groups in total. The lowest BCUT2D eigenvalue weighted by Gasteiger charge is -2.54. The standard InChI is InChI=1S/C45H56O9/c1-43-23-20-32(47)26-30(43)15-18-35-36(43)21-24-44(2)37(35)22-25-45(44,51)40(48)28-52-41(49)13-9-4-3-8-12-33-34(39-27-38(33)53-42(50)54-39)19-17-31(46)16-14-29-10-6-5-7-11-29/h3,5-8,10-11,17,19,21,26,31,33-35,37-39,46,51H,4,9,12-16,18,20,22-25,27-28H2,1-2H3/b8-3-,19-17+/t31-,33+,34+,35+,37-,38-,39+,43-,44-,45-/m0/s1. The van der Waals surface area contributed by atoms with Crippen LogP contribution in [0, 0.1) is 34.5 Å². The quantitative estimate of drug-likeness (QED) is 0.113. The summed E-state index contributed by atoms with van der Waals surface area (Å²) >= 11 is 0. The highest BCUT2D eigenvalue weighted by Gasteiger charge is 2.64. The summed E-state index contributed by atoms with van der Waals surface area (Å²) < 4.78 is 16.4. The van der Waals surface area contributed by atoms with E-state index in [1.54, 1.807) is 0 Å². The summed E-state index contributed by atoms with van der Waals surface area (Å²) in [4.78, 5) is 50.5. The van der Waals surface area contributed by atoms with Crippen LogP contribution < -0.4 is 0 Å². The third kappa shape index (κ3) is 7.43. The minimum atomic E-state index is -1.55. The van der Waals surface area contributed by atoms with Crippen molar-refractivity contribution < 1.29 is 43.6 Å². The van der Waals surface area contributed by atoms with Gasteiger partial charge in [-0.25, -0.2) is 4.79 Å². The highest BCUT2D eigenvalue weighted by Crippen LogP contribution is 2.65. The average Bonchev–Trinajstić information content (AvgIpc) is 3.58. The number of carbonyl (C=O) groups excluding carboxylic acids is 4. The maximum absolute atomic E-state index is 13.6. The molecular formula is C45H56O9. The van der Waals surface area contributed by atoms with Gasteiger partial charge in [0.1, 0.15) is 17.8 Å². The molecule has 2 bridgehead atoms. The number of fused-ring (bicyclic) bond motifs is 7. The minimum Gasteiger partial charge on any atom is -0.458 e. The first-order valence-corrected chi connectivity index (χ1v) is 20.2. The lowest BCUT2D eigenvalue weighted by molar-refractivity contribution is -0.163. The van der Waals surface area contributed by atoms with Gasteiger partial charge in [-0.3, -0.25) is 14.4 Å². The van der Waals surface area contributed by atoms with Crippen LogP contribution in [0.4, 0.5) is 4.79 Å². The summed E-state index contributed by atoms with van der Waals surface area (Å²) in [6.45, 7) is 3.87. The molecule has 6 aliphatic rings. The normalized spacial score (nSPS) is 36.1. The Hall–Kier alpha value is -3.82. The van der Waals surface area contributed by atoms with Gasteiger partial charge in [-0.05, 0) is 94.1 Å². The van der Waals surface area contributed by atoms with Gasteiger partial charge in [0.05, 0.1) is 6.10 Å². The molecule has 1 aliphatic heterocycles. The van der Waals surface area contributed by atoms with E-state index in [2.05, 4.69) is 19.1 Å². The predicted molar refractivity (Wildman–Crippen MR) is 202 cm³/mol. The molecule has 4 fully saturated rings. The van der Waals surface area contributed by atoms with Crippen LogP contribution in [0.3, 0.4) is 0 Å². The first-order chi connectivity index (χ1) is 25.9. The molecule has 290 valence electrons. The number of rotatable bonds is 14. The SMILES string of the molecule is C[C@]12CCC(=O)C=C1CC[C@@H]1C2=CC[C@@]2(C)[C@H]1CC[C@]2(O)C(=O)COC(=O)CCC/C=C\C[C@@H]1[C@@H](/C=C/[C@@H](O)CCc2ccccc2)[C@H]2C[C@@H]1OC(=O)O2. The first kappa shape index (κ1) is 38.5. The monoisotopic (exact) mass is 740 g/mol. The second-order valence-corrected chi connectivity index (χ2v) is 17.1. The van der Waals surface area contributed by atoms with Crippen LogP contribution in [0.5, 0.6) is 0 Å². The van der Waals surface area contributed by atoms with Crippen molar-refractivity contribution in [1.29, 1.82) is 0 Å². The van der Waals surface area contributed by atoms with Crippen LogP contribution in [0.15, 0.2) is 77.9 Å². The largest absolute Gasteiger partial charge is 0.508 e. The fourth-order valence-electron chi connectivity index (χ4n) is 10.9. The summed E-state index contributed by atoms with van der Waals surface area (Å²) in [5.41, 5.74) is 1.51. The lowest BCUT2D eigenvalue weighted by Crippen LogP contribution is -2.55. The van der Waals surface area contributed by atoms with E-state index in [9.17, 15) is 29.4 Å². The number of aliphatic hydroxyl groups excluding tert-OH is 1. The van der Waals surface area contributed by atoms with E-state index < -0.39 is 41.6 Å². The number of aryl methyl sites for hydroxylation is 1. The Bertz CT molecular complexity index is 1720. The van der Waals surface area contributed by atoms with Crippen molar-refractivity contribution in [3.63, 3.8) is 0 Å². The number of carbonyl (C=O) groups is 4. The van der Waals surface area contributed by atoms with Crippen LogP contribution >= 0.6 is 0 Å². The zero-order chi connectivity index (χ0) is 38.1. The molecule has 9 heteroatoms. The molecule has 0 aromatic heterocycles. The molecule has 1 aromatic rings. The van der Waals surface area contributed by atoms with Crippen LogP contribution in [-0.4, -0.2) is 64.4 Å². The molecule has 10 atom stereocenters. The molecule has 7 rings (SSSR count). The number of Topliss-reactive ketones (excluding diaryl/α,β-unsaturated/α-hetero) is 1. The van der Waals surface area contributed by atoms with Gasteiger partial charge in [0.2, 0.25) is 5.78 Å². The van der Waals surface area contributed by atoms with E-state index in [4.69, 9.17) is 14.2 Å². The minimum absolute atomic E-state index is 0.0220. The number of hydrogen-bond acceptors (Lipinski definition) is 9. The zero-order valence-corrected chi connectivity index (χ0v) is 31.8. The second kappa shape index (κ2) is 15.7. The Kier molecular flexibility index (Phi) is 11.2. The molecule has 54 heavy (non-hydrogen) atoms. The Morgan fingerprint density at radius 2 is 1.83 bits per heavy atom. The maximum Gasteiger partial charge on any atom is 0.508 e. The molecule has 1 heterocycles. The fourth-order valence-corrected chi connectivity index (χ4v) is 10.9. The van der Waals surface area contributed by atoms with E-state index in [0.29, 0.717) is 51.4 Å². The van der Waals surface area contributed by atoms with Gasteiger partial charge < -0.3 is 24.4 Å². The molecule has 0 unspecified atom stereocenters. The maximum atomic E-state index is 13.6. The number of allylic oxidation sites excluding steroid dienone is 6. The molecular weight excluding hydrogens is 684 g/mol.